The van der Waals surface area contributed by atoms with E-state index in [1.54, 1.807) is 13.8 Å². The third-order valence-electron chi connectivity index (χ3n) is 4.15. The Balaban J connectivity index is 1.98. The second-order valence-electron chi connectivity index (χ2n) is 6.42. The first-order valence-electron chi connectivity index (χ1n) is 7.75. The Labute approximate surface area is 132 Å². The predicted octanol–water partition coefficient (Wildman–Crippen LogP) is 1.55. The van der Waals surface area contributed by atoms with Gasteiger partial charge in [0.2, 0.25) is 0 Å². The van der Waals surface area contributed by atoms with Gasteiger partial charge in [0, 0.05) is 29.7 Å². The molecule has 22 heavy (non-hydrogen) atoms. The van der Waals surface area contributed by atoms with Crippen molar-refractivity contribution in [1.29, 1.82) is 0 Å². The molecule has 1 aromatic carbocycles. The molecule has 0 aliphatic carbocycles. The molecule has 116 valence electrons. The van der Waals surface area contributed by atoms with Crippen LogP contribution in [0.2, 0.25) is 0 Å². The standard InChI is InChI=1S/C18H23N3O/c1-18(2,22)9-8-13-4-5-14-6-7-15(19-3)17-20-10-11-21(17)16(14)12-13/h4-5,10-12,15,17,19-20,22H,6-7H2,1-3H3. The Morgan fingerprint density at radius 3 is 2.95 bits per heavy atom. The highest BCUT2D eigenvalue weighted by Gasteiger charge is 2.32. The number of likely N-dealkylation sites (N-methyl/N-ethyl adjacent to an activating group) is 1. The van der Waals surface area contributed by atoms with Gasteiger partial charge in [-0.2, -0.15) is 0 Å². The minimum Gasteiger partial charge on any atom is -0.378 e. The van der Waals surface area contributed by atoms with Gasteiger partial charge < -0.3 is 20.6 Å². The minimum atomic E-state index is -0.971. The Kier molecular flexibility index (Phi) is 3.86. The number of aryl methyl sites for hydroxylation is 1. The summed E-state index contributed by atoms with van der Waals surface area (Å²) in [5, 5.41) is 16.6. The van der Waals surface area contributed by atoms with E-state index >= 15 is 0 Å². The summed E-state index contributed by atoms with van der Waals surface area (Å²) < 4.78 is 0. The van der Waals surface area contributed by atoms with E-state index in [-0.39, 0.29) is 6.17 Å². The third kappa shape index (κ3) is 2.96. The van der Waals surface area contributed by atoms with Gasteiger partial charge in [-0.25, -0.2) is 0 Å². The number of hydrogen-bond acceptors (Lipinski definition) is 4. The summed E-state index contributed by atoms with van der Waals surface area (Å²) in [6.07, 6.45) is 6.46. The summed E-state index contributed by atoms with van der Waals surface area (Å²) in [4.78, 5) is 2.28. The van der Waals surface area contributed by atoms with E-state index in [1.807, 2.05) is 19.3 Å². The van der Waals surface area contributed by atoms with Crippen molar-refractivity contribution in [2.75, 3.05) is 11.9 Å². The van der Waals surface area contributed by atoms with Crippen molar-refractivity contribution in [3.63, 3.8) is 0 Å². The van der Waals surface area contributed by atoms with Crippen LogP contribution < -0.4 is 15.5 Å². The zero-order valence-corrected chi connectivity index (χ0v) is 13.4. The lowest BCUT2D eigenvalue weighted by molar-refractivity contribution is 0.143. The first kappa shape index (κ1) is 15.0. The first-order chi connectivity index (χ1) is 10.5. The van der Waals surface area contributed by atoms with E-state index in [4.69, 9.17) is 0 Å². The Morgan fingerprint density at radius 2 is 2.23 bits per heavy atom. The summed E-state index contributed by atoms with van der Waals surface area (Å²) in [6, 6.07) is 6.72. The van der Waals surface area contributed by atoms with Gasteiger partial charge >= 0.3 is 0 Å². The van der Waals surface area contributed by atoms with Crippen LogP contribution in [0.15, 0.2) is 30.6 Å². The number of nitrogens with zero attached hydrogens (tertiary/aromatic N) is 1. The second kappa shape index (κ2) is 5.68. The smallest absolute Gasteiger partial charge is 0.120 e. The van der Waals surface area contributed by atoms with Crippen LogP contribution in [0.4, 0.5) is 5.69 Å². The fourth-order valence-electron chi connectivity index (χ4n) is 3.02. The number of hydrogen-bond donors (Lipinski definition) is 3. The summed E-state index contributed by atoms with van der Waals surface area (Å²) in [5.74, 6) is 5.95. The largest absolute Gasteiger partial charge is 0.378 e. The fraction of sp³-hybridized carbons (Fsp3) is 0.444. The Hall–Kier alpha value is -1.96. The molecule has 0 saturated heterocycles. The van der Waals surface area contributed by atoms with Crippen LogP contribution >= 0.6 is 0 Å². The Morgan fingerprint density at radius 1 is 1.41 bits per heavy atom. The lowest BCUT2D eigenvalue weighted by atomic mass is 10.0. The van der Waals surface area contributed by atoms with E-state index in [1.165, 1.54) is 11.3 Å². The van der Waals surface area contributed by atoms with E-state index in [0.29, 0.717) is 6.04 Å². The molecule has 4 heteroatoms. The Bertz CT molecular complexity index is 649. The molecule has 2 atom stereocenters. The molecule has 2 unspecified atom stereocenters. The molecule has 2 aliphatic heterocycles. The van der Waals surface area contributed by atoms with Crippen molar-refractivity contribution in [3.8, 4) is 11.8 Å². The highest BCUT2D eigenvalue weighted by Crippen LogP contribution is 2.32. The molecule has 3 N–H and O–H groups in total. The topological polar surface area (TPSA) is 47.5 Å². The summed E-state index contributed by atoms with van der Waals surface area (Å²) in [7, 11) is 2.01. The maximum atomic E-state index is 9.77. The second-order valence-corrected chi connectivity index (χ2v) is 6.42. The summed E-state index contributed by atoms with van der Waals surface area (Å²) in [5.41, 5.74) is 2.50. The van der Waals surface area contributed by atoms with Crippen LogP contribution in [0.3, 0.4) is 0 Å². The number of benzene rings is 1. The number of anilines is 1. The van der Waals surface area contributed by atoms with Gasteiger partial charge in [0.1, 0.15) is 11.8 Å². The van der Waals surface area contributed by atoms with Crippen molar-refractivity contribution >= 4 is 5.69 Å². The zero-order chi connectivity index (χ0) is 15.7. The quantitative estimate of drug-likeness (QED) is 0.688. The average Bonchev–Trinajstić information content (AvgIpc) is 2.90. The van der Waals surface area contributed by atoms with Gasteiger partial charge in [-0.15, -0.1) is 0 Å². The number of nitrogens with one attached hydrogen (secondary N) is 2. The lowest BCUT2D eigenvalue weighted by Gasteiger charge is -2.30. The number of rotatable bonds is 1. The van der Waals surface area contributed by atoms with Crippen LogP contribution in [0, 0.1) is 11.8 Å². The van der Waals surface area contributed by atoms with Gasteiger partial charge in [-0.1, -0.05) is 17.9 Å². The summed E-state index contributed by atoms with van der Waals surface area (Å²) >= 11 is 0. The average molecular weight is 297 g/mol. The molecular weight excluding hydrogens is 274 g/mol. The molecule has 1 aromatic rings. The highest BCUT2D eigenvalue weighted by molar-refractivity contribution is 5.62. The molecule has 0 radical (unpaired) electrons. The van der Waals surface area contributed by atoms with E-state index in [0.717, 1.165) is 18.4 Å². The van der Waals surface area contributed by atoms with E-state index in [9.17, 15) is 5.11 Å². The normalized spacial score (nSPS) is 23.0. The van der Waals surface area contributed by atoms with Gasteiger partial charge in [-0.05, 0) is 51.4 Å². The molecule has 0 amide bonds. The van der Waals surface area contributed by atoms with Crippen molar-refractivity contribution in [3.05, 3.63) is 41.7 Å². The highest BCUT2D eigenvalue weighted by atomic mass is 16.3. The van der Waals surface area contributed by atoms with Crippen LogP contribution in [-0.2, 0) is 6.42 Å². The number of fused-ring (bicyclic) bond motifs is 3. The van der Waals surface area contributed by atoms with Crippen molar-refractivity contribution in [2.24, 2.45) is 0 Å². The maximum absolute atomic E-state index is 9.77. The fourth-order valence-corrected chi connectivity index (χ4v) is 3.02. The van der Waals surface area contributed by atoms with E-state index in [2.05, 4.69) is 45.7 Å². The van der Waals surface area contributed by atoms with Crippen molar-refractivity contribution in [2.45, 2.75) is 44.5 Å². The monoisotopic (exact) mass is 297 g/mol. The molecule has 0 saturated carbocycles. The van der Waals surface area contributed by atoms with Gasteiger partial charge in [0.25, 0.3) is 0 Å². The molecule has 0 spiro atoms. The molecule has 2 heterocycles. The van der Waals surface area contributed by atoms with E-state index < -0.39 is 5.60 Å². The minimum absolute atomic E-state index is 0.240. The summed E-state index contributed by atoms with van der Waals surface area (Å²) in [6.45, 7) is 3.40. The lowest BCUT2D eigenvalue weighted by Crippen LogP contribution is -2.50. The molecule has 2 aliphatic rings. The number of aliphatic hydroxyl groups is 1. The predicted molar refractivity (Wildman–Crippen MR) is 89.3 cm³/mol. The van der Waals surface area contributed by atoms with Crippen LogP contribution in [0.25, 0.3) is 0 Å². The van der Waals surface area contributed by atoms with Crippen LogP contribution in [0.1, 0.15) is 31.4 Å². The van der Waals surface area contributed by atoms with Crippen LogP contribution in [0.5, 0.6) is 0 Å². The zero-order valence-electron chi connectivity index (χ0n) is 13.4. The van der Waals surface area contributed by atoms with Gasteiger partial charge in [0.05, 0.1) is 0 Å². The molecule has 0 bridgehead atoms. The van der Waals surface area contributed by atoms with Crippen LogP contribution in [-0.4, -0.2) is 30.0 Å². The van der Waals surface area contributed by atoms with Crippen molar-refractivity contribution in [1.82, 2.24) is 10.6 Å². The molecule has 0 fully saturated rings. The van der Waals surface area contributed by atoms with Gasteiger partial charge in [0.15, 0.2) is 0 Å². The maximum Gasteiger partial charge on any atom is 0.120 e. The van der Waals surface area contributed by atoms with Crippen molar-refractivity contribution < 1.29 is 5.11 Å². The SMILES string of the molecule is CNC1CCc2ccc(C#CC(C)(C)O)cc2N2C=CNC12. The third-order valence-corrected chi connectivity index (χ3v) is 4.15. The molecular formula is C18H23N3O. The van der Waals surface area contributed by atoms with Gasteiger partial charge in [-0.3, -0.25) is 0 Å². The first-order valence-corrected chi connectivity index (χ1v) is 7.75. The molecule has 4 nitrogen and oxygen atoms in total. The molecule has 3 rings (SSSR count). The molecule has 0 aromatic heterocycles.